The average molecular weight is 199 g/mol. The summed E-state index contributed by atoms with van der Waals surface area (Å²) in [7, 11) is 0. The highest BCUT2D eigenvalue weighted by Crippen LogP contribution is 2.36. The second-order valence-corrected chi connectivity index (χ2v) is 3.92. The summed E-state index contributed by atoms with van der Waals surface area (Å²) in [6.07, 6.45) is 1.83. The number of ether oxygens (including phenoxy) is 1. The number of allylic oxidation sites excluding steroid dienone is 1. The Balaban J connectivity index is 2.59. The minimum atomic E-state index is 0.415. The molecule has 0 atom stereocenters. The molecule has 0 spiro atoms. The summed E-state index contributed by atoms with van der Waals surface area (Å²) in [6.45, 7) is 4.76. The van der Waals surface area contributed by atoms with E-state index in [2.05, 4.69) is 26.0 Å². The van der Waals surface area contributed by atoms with Gasteiger partial charge in [-0.25, -0.2) is 0 Å². The van der Waals surface area contributed by atoms with Crippen molar-refractivity contribution in [1.82, 2.24) is 0 Å². The third kappa shape index (κ3) is 1.61. The van der Waals surface area contributed by atoms with Crippen molar-refractivity contribution in [2.75, 3.05) is 6.61 Å². The van der Waals surface area contributed by atoms with E-state index >= 15 is 0 Å². The largest absolute Gasteiger partial charge is 0.489 e. The van der Waals surface area contributed by atoms with E-state index in [-0.39, 0.29) is 0 Å². The fourth-order valence-corrected chi connectivity index (χ4v) is 1.81. The van der Waals surface area contributed by atoms with Gasteiger partial charge in [0, 0.05) is 5.56 Å². The number of rotatable bonds is 1. The molecule has 0 aliphatic carbocycles. The fraction of sp³-hybridized carbons (Fsp3) is 0.308. The summed E-state index contributed by atoms with van der Waals surface area (Å²) in [5.74, 6) is 1.30. The van der Waals surface area contributed by atoms with Crippen LogP contribution < -0.4 is 4.74 Å². The van der Waals surface area contributed by atoms with Crippen molar-refractivity contribution in [3.8, 4) is 11.8 Å². The fourth-order valence-electron chi connectivity index (χ4n) is 1.81. The van der Waals surface area contributed by atoms with E-state index in [0.717, 1.165) is 16.9 Å². The summed E-state index contributed by atoms with van der Waals surface area (Å²) in [5.41, 5.74) is 2.82. The Morgan fingerprint density at radius 1 is 1.40 bits per heavy atom. The van der Waals surface area contributed by atoms with Crippen LogP contribution in [0, 0.1) is 11.3 Å². The van der Waals surface area contributed by atoms with Crippen molar-refractivity contribution in [2.45, 2.75) is 19.8 Å². The lowest BCUT2D eigenvalue weighted by atomic mass is 9.95. The van der Waals surface area contributed by atoms with Crippen LogP contribution in [0.5, 0.6) is 5.75 Å². The third-order valence-corrected chi connectivity index (χ3v) is 2.59. The number of hydrogen-bond donors (Lipinski definition) is 0. The van der Waals surface area contributed by atoms with Crippen LogP contribution in [0.25, 0.3) is 5.57 Å². The van der Waals surface area contributed by atoms with Gasteiger partial charge in [0.1, 0.15) is 12.4 Å². The predicted molar refractivity (Wildman–Crippen MR) is 59.6 cm³/mol. The van der Waals surface area contributed by atoms with Gasteiger partial charge in [-0.3, -0.25) is 0 Å². The summed E-state index contributed by atoms with van der Waals surface area (Å²) in [6, 6.07) is 8.19. The maximum atomic E-state index is 8.99. The van der Waals surface area contributed by atoms with E-state index < -0.39 is 0 Å². The Hall–Kier alpha value is -1.75. The molecule has 15 heavy (non-hydrogen) atoms. The van der Waals surface area contributed by atoms with Gasteiger partial charge < -0.3 is 4.74 Å². The lowest BCUT2D eigenvalue weighted by Gasteiger charge is -2.20. The van der Waals surface area contributed by atoms with Crippen molar-refractivity contribution in [2.24, 2.45) is 0 Å². The second kappa shape index (κ2) is 3.78. The molecule has 0 bridgehead atoms. The van der Waals surface area contributed by atoms with Crippen molar-refractivity contribution in [3.63, 3.8) is 0 Å². The monoisotopic (exact) mass is 199 g/mol. The molecule has 0 fully saturated rings. The van der Waals surface area contributed by atoms with Crippen molar-refractivity contribution < 1.29 is 4.74 Å². The standard InChI is InChI=1S/C13H13NO/c1-9(2)11-4-3-5-12-10(8-14)6-7-15-13(11)12/h3-6,9H,7H2,1-2H3. The average Bonchev–Trinajstić information content (AvgIpc) is 2.27. The Morgan fingerprint density at radius 3 is 2.87 bits per heavy atom. The van der Waals surface area contributed by atoms with Gasteiger partial charge >= 0.3 is 0 Å². The number of benzene rings is 1. The molecule has 0 unspecified atom stereocenters. The quantitative estimate of drug-likeness (QED) is 0.696. The van der Waals surface area contributed by atoms with E-state index in [1.54, 1.807) is 0 Å². The molecule has 0 N–H and O–H groups in total. The van der Waals surface area contributed by atoms with Crippen LogP contribution in [0.15, 0.2) is 24.3 Å². The first-order chi connectivity index (χ1) is 7.24. The maximum absolute atomic E-state index is 8.99. The molecule has 0 saturated carbocycles. The first kappa shape index (κ1) is 9.79. The van der Waals surface area contributed by atoms with Crippen LogP contribution in [-0.4, -0.2) is 6.61 Å². The number of para-hydroxylation sites is 1. The van der Waals surface area contributed by atoms with Gasteiger partial charge in [-0.15, -0.1) is 0 Å². The summed E-state index contributed by atoms with van der Waals surface area (Å²) >= 11 is 0. The maximum Gasteiger partial charge on any atom is 0.131 e. The molecule has 0 aromatic heterocycles. The van der Waals surface area contributed by atoms with Crippen molar-refractivity contribution in [1.29, 1.82) is 5.26 Å². The summed E-state index contributed by atoms with van der Waals surface area (Å²) in [4.78, 5) is 0. The van der Waals surface area contributed by atoms with Gasteiger partial charge in [0.25, 0.3) is 0 Å². The first-order valence-electron chi connectivity index (χ1n) is 5.10. The molecule has 1 aliphatic heterocycles. The Morgan fingerprint density at radius 2 is 2.20 bits per heavy atom. The van der Waals surface area contributed by atoms with Crippen LogP contribution in [0.4, 0.5) is 0 Å². The second-order valence-electron chi connectivity index (χ2n) is 3.92. The molecular weight excluding hydrogens is 186 g/mol. The molecule has 2 rings (SSSR count). The topological polar surface area (TPSA) is 33.0 Å². The number of hydrogen-bond acceptors (Lipinski definition) is 2. The molecule has 0 amide bonds. The normalized spacial score (nSPS) is 13.9. The Labute approximate surface area is 89.8 Å². The van der Waals surface area contributed by atoms with Gasteiger partial charge in [-0.1, -0.05) is 26.0 Å². The van der Waals surface area contributed by atoms with Crippen LogP contribution in [0.2, 0.25) is 0 Å². The summed E-state index contributed by atoms with van der Waals surface area (Å²) in [5, 5.41) is 8.99. The van der Waals surface area contributed by atoms with Gasteiger partial charge in [-0.05, 0) is 23.6 Å². The van der Waals surface area contributed by atoms with Gasteiger partial charge in [0.15, 0.2) is 0 Å². The van der Waals surface area contributed by atoms with Crippen molar-refractivity contribution >= 4 is 5.57 Å². The molecular formula is C13H13NO. The van der Waals surface area contributed by atoms with Crippen molar-refractivity contribution in [3.05, 3.63) is 35.4 Å². The minimum Gasteiger partial charge on any atom is -0.489 e. The third-order valence-electron chi connectivity index (χ3n) is 2.59. The lowest BCUT2D eigenvalue weighted by Crippen LogP contribution is -2.07. The molecule has 2 heteroatoms. The van der Waals surface area contributed by atoms with Crippen LogP contribution >= 0.6 is 0 Å². The number of fused-ring (bicyclic) bond motifs is 1. The SMILES string of the molecule is CC(C)c1cccc2c1OCC=C2C#N. The Kier molecular flexibility index (Phi) is 2.47. The zero-order valence-corrected chi connectivity index (χ0v) is 8.95. The van der Waals surface area contributed by atoms with Gasteiger partial charge in [0.2, 0.25) is 0 Å². The lowest BCUT2D eigenvalue weighted by molar-refractivity contribution is 0.352. The minimum absolute atomic E-state index is 0.415. The molecule has 1 heterocycles. The highest BCUT2D eigenvalue weighted by molar-refractivity contribution is 5.82. The number of nitriles is 1. The van der Waals surface area contributed by atoms with E-state index in [9.17, 15) is 0 Å². The van der Waals surface area contributed by atoms with Crippen LogP contribution in [0.1, 0.15) is 30.9 Å². The molecule has 1 aliphatic rings. The zero-order valence-electron chi connectivity index (χ0n) is 8.95. The predicted octanol–water partition coefficient (Wildman–Crippen LogP) is 3.11. The smallest absolute Gasteiger partial charge is 0.131 e. The summed E-state index contributed by atoms with van der Waals surface area (Å²) < 4.78 is 5.62. The molecule has 1 aromatic rings. The highest BCUT2D eigenvalue weighted by Gasteiger charge is 2.18. The van der Waals surface area contributed by atoms with E-state index in [1.165, 1.54) is 5.56 Å². The van der Waals surface area contributed by atoms with Crippen LogP contribution in [0.3, 0.4) is 0 Å². The van der Waals surface area contributed by atoms with E-state index in [4.69, 9.17) is 10.00 Å². The Bertz CT molecular complexity index is 452. The van der Waals surface area contributed by atoms with E-state index in [1.807, 2.05) is 18.2 Å². The van der Waals surface area contributed by atoms with Crippen LogP contribution in [-0.2, 0) is 0 Å². The molecule has 0 saturated heterocycles. The molecule has 76 valence electrons. The number of nitrogens with zero attached hydrogens (tertiary/aromatic N) is 1. The first-order valence-corrected chi connectivity index (χ1v) is 5.10. The zero-order chi connectivity index (χ0) is 10.8. The molecule has 1 aromatic carbocycles. The van der Waals surface area contributed by atoms with Gasteiger partial charge in [0.05, 0.1) is 11.6 Å². The molecule has 0 radical (unpaired) electrons. The highest BCUT2D eigenvalue weighted by atomic mass is 16.5. The van der Waals surface area contributed by atoms with Gasteiger partial charge in [-0.2, -0.15) is 5.26 Å². The van der Waals surface area contributed by atoms with E-state index in [0.29, 0.717) is 12.5 Å². The molecule has 2 nitrogen and oxygen atoms in total.